The van der Waals surface area contributed by atoms with Crippen molar-refractivity contribution in [3.63, 3.8) is 0 Å². The van der Waals surface area contributed by atoms with Gasteiger partial charge in [0.05, 0.1) is 17.7 Å². The van der Waals surface area contributed by atoms with Crippen LogP contribution in [0.2, 0.25) is 5.02 Å². The average Bonchev–Trinajstić information content (AvgIpc) is 2.61. The summed E-state index contributed by atoms with van der Waals surface area (Å²) in [4.78, 5) is 23.5. The Bertz CT molecular complexity index is 781. The molecule has 0 bridgehead atoms. The van der Waals surface area contributed by atoms with Crippen LogP contribution in [-0.4, -0.2) is 25.6 Å². The van der Waals surface area contributed by atoms with Gasteiger partial charge in [0.15, 0.2) is 18.2 Å². The molecule has 0 aliphatic rings. The highest BCUT2D eigenvalue weighted by molar-refractivity contribution is 6.33. The van der Waals surface area contributed by atoms with E-state index in [9.17, 15) is 18.4 Å². The third-order valence-corrected chi connectivity index (χ3v) is 3.53. The second kappa shape index (κ2) is 8.43. The van der Waals surface area contributed by atoms with Crippen LogP contribution in [0, 0.1) is 11.6 Å². The Hall–Kier alpha value is -2.67. The number of halogens is 3. The Balaban J connectivity index is 1.85. The zero-order valence-corrected chi connectivity index (χ0v) is 13.9. The molecule has 0 saturated carbocycles. The van der Waals surface area contributed by atoms with Crippen LogP contribution in [0.25, 0.3) is 0 Å². The smallest absolute Gasteiger partial charge is 0.340 e. The summed E-state index contributed by atoms with van der Waals surface area (Å²) < 4.78 is 35.9. The van der Waals surface area contributed by atoms with Crippen molar-refractivity contribution in [2.75, 3.05) is 13.7 Å². The van der Waals surface area contributed by atoms with Crippen molar-refractivity contribution >= 4 is 23.5 Å². The van der Waals surface area contributed by atoms with Gasteiger partial charge in [0.2, 0.25) is 0 Å². The molecule has 2 aromatic rings. The molecule has 1 N–H and O–H groups in total. The molecule has 2 aromatic carbocycles. The Kier molecular flexibility index (Phi) is 6.30. The molecule has 0 heterocycles. The van der Waals surface area contributed by atoms with E-state index in [1.807, 2.05) is 0 Å². The summed E-state index contributed by atoms with van der Waals surface area (Å²) >= 11 is 5.66. The van der Waals surface area contributed by atoms with Gasteiger partial charge in [-0.25, -0.2) is 13.6 Å². The maximum atomic E-state index is 13.2. The lowest BCUT2D eigenvalue weighted by Crippen LogP contribution is -2.28. The molecule has 0 unspecified atom stereocenters. The number of amides is 1. The molecule has 25 heavy (non-hydrogen) atoms. The predicted octanol–water partition coefficient (Wildman–Crippen LogP) is 3.10. The minimum absolute atomic E-state index is 0.228. The van der Waals surface area contributed by atoms with Crippen molar-refractivity contribution in [2.45, 2.75) is 6.54 Å². The Morgan fingerprint density at radius 2 is 1.76 bits per heavy atom. The monoisotopic (exact) mass is 369 g/mol. The van der Waals surface area contributed by atoms with E-state index in [1.165, 1.54) is 0 Å². The van der Waals surface area contributed by atoms with E-state index in [4.69, 9.17) is 21.1 Å². The fourth-order valence-electron chi connectivity index (χ4n) is 1.88. The summed E-state index contributed by atoms with van der Waals surface area (Å²) in [7, 11) is 1.55. The lowest BCUT2D eigenvalue weighted by Gasteiger charge is -2.08. The minimum Gasteiger partial charge on any atom is -0.497 e. The molecule has 132 valence electrons. The van der Waals surface area contributed by atoms with Crippen LogP contribution in [-0.2, 0) is 16.1 Å². The van der Waals surface area contributed by atoms with E-state index < -0.39 is 30.1 Å². The Labute approximate surface area is 147 Å². The molecule has 0 radical (unpaired) electrons. The summed E-state index contributed by atoms with van der Waals surface area (Å²) in [5.41, 5.74) is 0.465. The number of hydrogen-bond donors (Lipinski definition) is 1. The fraction of sp³-hybridized carbons (Fsp3) is 0.176. The molecule has 0 spiro atoms. The lowest BCUT2D eigenvalue weighted by molar-refractivity contribution is -0.124. The lowest BCUT2D eigenvalue weighted by atomic mass is 10.2. The van der Waals surface area contributed by atoms with Crippen LogP contribution in [0.3, 0.4) is 0 Å². The van der Waals surface area contributed by atoms with Crippen molar-refractivity contribution in [3.8, 4) is 5.75 Å². The quantitative estimate of drug-likeness (QED) is 0.627. The van der Waals surface area contributed by atoms with Gasteiger partial charge >= 0.3 is 5.97 Å². The van der Waals surface area contributed by atoms with Gasteiger partial charge in [-0.1, -0.05) is 23.7 Å². The van der Waals surface area contributed by atoms with Gasteiger partial charge in [0.25, 0.3) is 5.91 Å². The summed E-state index contributed by atoms with van der Waals surface area (Å²) in [5.74, 6) is -3.31. The van der Waals surface area contributed by atoms with Crippen molar-refractivity contribution in [1.82, 2.24) is 5.32 Å². The molecule has 2 rings (SSSR count). The van der Waals surface area contributed by atoms with Gasteiger partial charge in [-0.05, 0) is 29.8 Å². The Morgan fingerprint density at radius 3 is 2.40 bits per heavy atom. The van der Waals surface area contributed by atoms with E-state index in [2.05, 4.69) is 5.32 Å². The maximum Gasteiger partial charge on any atom is 0.340 e. The van der Waals surface area contributed by atoms with Gasteiger partial charge in [-0.15, -0.1) is 0 Å². The van der Waals surface area contributed by atoms with Crippen molar-refractivity contribution in [3.05, 3.63) is 64.2 Å². The van der Waals surface area contributed by atoms with E-state index in [0.717, 1.165) is 5.56 Å². The molecule has 5 nitrogen and oxygen atoms in total. The van der Waals surface area contributed by atoms with E-state index in [0.29, 0.717) is 17.9 Å². The van der Waals surface area contributed by atoms with Gasteiger partial charge in [-0.2, -0.15) is 0 Å². The van der Waals surface area contributed by atoms with E-state index in [-0.39, 0.29) is 17.1 Å². The molecule has 0 atom stereocenters. The second-order valence-electron chi connectivity index (χ2n) is 4.95. The highest BCUT2D eigenvalue weighted by Gasteiger charge is 2.17. The summed E-state index contributed by atoms with van der Waals surface area (Å²) in [5, 5.41) is 2.25. The number of carbonyl (C=O) groups excluding carboxylic acids is 2. The molecule has 0 aromatic heterocycles. The highest BCUT2D eigenvalue weighted by Crippen LogP contribution is 2.20. The van der Waals surface area contributed by atoms with Crippen LogP contribution in [0.1, 0.15) is 15.9 Å². The highest BCUT2D eigenvalue weighted by atomic mass is 35.5. The maximum absolute atomic E-state index is 13.2. The molecule has 0 saturated heterocycles. The largest absolute Gasteiger partial charge is 0.497 e. The third kappa shape index (κ3) is 5.15. The summed E-state index contributed by atoms with van der Waals surface area (Å²) in [6.45, 7) is -0.351. The molecular weight excluding hydrogens is 356 g/mol. The zero-order chi connectivity index (χ0) is 18.4. The Morgan fingerprint density at radius 1 is 1.12 bits per heavy atom. The SMILES string of the molecule is COc1ccc(CNC(=O)COC(=O)c2cc(F)c(F)cc2Cl)cc1. The molecular formula is C17H14ClF2NO4. The minimum atomic E-state index is -1.24. The molecule has 8 heteroatoms. The molecule has 0 fully saturated rings. The van der Waals surface area contributed by atoms with E-state index in [1.54, 1.807) is 31.4 Å². The van der Waals surface area contributed by atoms with Crippen LogP contribution in [0.15, 0.2) is 36.4 Å². The number of hydrogen-bond acceptors (Lipinski definition) is 4. The van der Waals surface area contributed by atoms with Gasteiger partial charge < -0.3 is 14.8 Å². The van der Waals surface area contributed by atoms with Gasteiger partial charge in [0, 0.05) is 6.54 Å². The van der Waals surface area contributed by atoms with Gasteiger partial charge in [0.1, 0.15) is 5.75 Å². The van der Waals surface area contributed by atoms with Crippen LogP contribution >= 0.6 is 11.6 Å². The normalized spacial score (nSPS) is 10.2. The number of carbonyl (C=O) groups is 2. The van der Waals surface area contributed by atoms with Crippen molar-refractivity contribution < 1.29 is 27.8 Å². The summed E-state index contributed by atoms with van der Waals surface area (Å²) in [6, 6.07) is 8.31. The topological polar surface area (TPSA) is 64.6 Å². The number of ether oxygens (including phenoxy) is 2. The standard InChI is InChI=1S/C17H14ClF2NO4/c1-24-11-4-2-10(3-5-11)8-21-16(22)9-25-17(23)12-6-14(19)15(20)7-13(12)18/h2-7H,8-9H2,1H3,(H,21,22). The van der Waals surface area contributed by atoms with Gasteiger partial charge in [-0.3, -0.25) is 4.79 Å². The van der Waals surface area contributed by atoms with Crippen LogP contribution in [0.4, 0.5) is 8.78 Å². The third-order valence-electron chi connectivity index (χ3n) is 3.21. The average molecular weight is 370 g/mol. The number of benzene rings is 2. The first-order chi connectivity index (χ1) is 11.9. The number of esters is 1. The molecule has 0 aliphatic heterocycles. The fourth-order valence-corrected chi connectivity index (χ4v) is 2.11. The van der Waals surface area contributed by atoms with Crippen molar-refractivity contribution in [2.24, 2.45) is 0 Å². The van der Waals surface area contributed by atoms with E-state index >= 15 is 0 Å². The first-order valence-electron chi connectivity index (χ1n) is 7.12. The number of methoxy groups -OCH3 is 1. The van der Waals surface area contributed by atoms with Crippen LogP contribution < -0.4 is 10.1 Å². The molecule has 1 amide bonds. The first-order valence-corrected chi connectivity index (χ1v) is 7.50. The second-order valence-corrected chi connectivity index (χ2v) is 5.35. The molecule has 0 aliphatic carbocycles. The number of nitrogens with one attached hydrogen (secondary N) is 1. The number of rotatable bonds is 6. The van der Waals surface area contributed by atoms with Crippen molar-refractivity contribution in [1.29, 1.82) is 0 Å². The zero-order valence-electron chi connectivity index (χ0n) is 13.1. The predicted molar refractivity (Wildman–Crippen MR) is 86.5 cm³/mol. The summed E-state index contributed by atoms with van der Waals surface area (Å²) in [6.07, 6.45) is 0. The van der Waals surface area contributed by atoms with Crippen LogP contribution in [0.5, 0.6) is 5.75 Å². The first kappa shape index (κ1) is 18.7.